The molecule has 2 aromatic rings. The normalized spacial score (nSPS) is 27.8. The molecule has 33 heavy (non-hydrogen) atoms. The smallest absolute Gasteiger partial charge is 0.225 e. The number of likely N-dealkylation sites (tertiary alicyclic amines) is 1. The van der Waals surface area contributed by atoms with Crippen LogP contribution in [0.3, 0.4) is 0 Å². The predicted molar refractivity (Wildman–Crippen MR) is 133 cm³/mol. The van der Waals surface area contributed by atoms with Crippen molar-refractivity contribution in [3.05, 3.63) is 42.2 Å². The van der Waals surface area contributed by atoms with Crippen LogP contribution in [0.15, 0.2) is 36.7 Å². The molecule has 5 nitrogen and oxygen atoms in total. The fraction of sp³-hybridized carbons (Fsp3) is 0.607. The maximum absolute atomic E-state index is 12.3. The van der Waals surface area contributed by atoms with Gasteiger partial charge in [0.15, 0.2) is 0 Å². The summed E-state index contributed by atoms with van der Waals surface area (Å²) in [5.41, 5.74) is 3.65. The summed E-state index contributed by atoms with van der Waals surface area (Å²) in [6, 6.07) is 10.0. The van der Waals surface area contributed by atoms with Gasteiger partial charge in [-0.1, -0.05) is 38.1 Å². The number of carbonyl (C=O) groups excluding carboxylic acids is 1. The highest BCUT2D eigenvalue weighted by Crippen LogP contribution is 2.34. The van der Waals surface area contributed by atoms with Gasteiger partial charge in [0.2, 0.25) is 5.95 Å². The molecule has 2 unspecified atom stereocenters. The topological polar surface area (TPSA) is 49.3 Å². The molecular weight excluding hydrogens is 408 g/mol. The second-order valence-corrected chi connectivity index (χ2v) is 11.0. The molecule has 2 aliphatic heterocycles. The molecule has 0 amide bonds. The molecule has 5 heteroatoms. The molecule has 1 saturated carbocycles. The van der Waals surface area contributed by atoms with Crippen molar-refractivity contribution in [1.29, 1.82) is 0 Å². The van der Waals surface area contributed by atoms with Crippen molar-refractivity contribution in [2.75, 3.05) is 25.0 Å². The summed E-state index contributed by atoms with van der Waals surface area (Å²) in [4.78, 5) is 26.7. The number of carbonyl (C=O) groups is 1. The fourth-order valence-electron chi connectivity index (χ4n) is 6.33. The lowest BCUT2D eigenvalue weighted by Gasteiger charge is -2.39. The number of aromatic nitrogens is 2. The minimum absolute atomic E-state index is 0.175. The van der Waals surface area contributed by atoms with E-state index in [1.165, 1.54) is 36.8 Å². The van der Waals surface area contributed by atoms with Gasteiger partial charge in [-0.05, 0) is 69.0 Å². The van der Waals surface area contributed by atoms with Gasteiger partial charge in [-0.3, -0.25) is 4.79 Å². The van der Waals surface area contributed by atoms with E-state index in [9.17, 15) is 4.79 Å². The van der Waals surface area contributed by atoms with E-state index in [1.54, 1.807) is 0 Å². The number of hydrogen-bond acceptors (Lipinski definition) is 5. The number of Topliss-reactive ketones (excluding diaryl/α,β-unsaturated/α-hetero) is 1. The lowest BCUT2D eigenvalue weighted by molar-refractivity contribution is -0.127. The molecule has 176 valence electrons. The van der Waals surface area contributed by atoms with Crippen LogP contribution in [0.4, 0.5) is 5.95 Å². The first-order chi connectivity index (χ1) is 16.0. The van der Waals surface area contributed by atoms with Gasteiger partial charge >= 0.3 is 0 Å². The van der Waals surface area contributed by atoms with Crippen molar-refractivity contribution in [2.24, 2.45) is 17.8 Å². The Kier molecular flexibility index (Phi) is 6.51. The van der Waals surface area contributed by atoms with Crippen LogP contribution in [0.1, 0.15) is 57.9 Å². The van der Waals surface area contributed by atoms with Crippen LogP contribution in [0, 0.1) is 17.8 Å². The van der Waals surface area contributed by atoms with Crippen molar-refractivity contribution in [3.63, 3.8) is 0 Å². The molecule has 5 rings (SSSR count). The number of piperazine rings is 1. The number of likely N-dealkylation sites (N-methyl/N-ethyl adjacent to an activating group) is 1. The van der Waals surface area contributed by atoms with Crippen molar-refractivity contribution in [1.82, 2.24) is 14.9 Å². The van der Waals surface area contributed by atoms with Gasteiger partial charge in [0.05, 0.1) is 0 Å². The van der Waals surface area contributed by atoms with E-state index in [2.05, 4.69) is 41.1 Å². The predicted octanol–water partition coefficient (Wildman–Crippen LogP) is 5.00. The highest BCUT2D eigenvalue weighted by Gasteiger charge is 2.40. The number of ketones is 1. The highest BCUT2D eigenvalue weighted by molar-refractivity contribution is 5.82. The van der Waals surface area contributed by atoms with E-state index in [-0.39, 0.29) is 5.92 Å². The minimum atomic E-state index is 0.175. The minimum Gasteiger partial charge on any atom is -0.332 e. The number of benzene rings is 1. The summed E-state index contributed by atoms with van der Waals surface area (Å²) >= 11 is 0. The third-order valence-corrected chi connectivity index (χ3v) is 8.16. The monoisotopic (exact) mass is 446 g/mol. The average molecular weight is 447 g/mol. The van der Waals surface area contributed by atoms with Crippen LogP contribution in [0.5, 0.6) is 0 Å². The molecule has 0 spiro atoms. The Morgan fingerprint density at radius 2 is 1.52 bits per heavy atom. The Balaban J connectivity index is 1.18. The molecule has 0 radical (unpaired) electrons. The zero-order valence-electron chi connectivity index (χ0n) is 20.4. The van der Waals surface area contributed by atoms with Gasteiger partial charge in [-0.15, -0.1) is 0 Å². The summed E-state index contributed by atoms with van der Waals surface area (Å²) in [6.07, 6.45) is 12.1. The maximum atomic E-state index is 12.3. The van der Waals surface area contributed by atoms with Crippen molar-refractivity contribution in [3.8, 4) is 11.1 Å². The van der Waals surface area contributed by atoms with Crippen molar-refractivity contribution < 1.29 is 4.79 Å². The number of nitrogens with zero attached hydrogens (tertiary/aromatic N) is 4. The van der Waals surface area contributed by atoms with E-state index in [0.29, 0.717) is 29.7 Å². The fourth-order valence-corrected chi connectivity index (χ4v) is 6.33. The second-order valence-electron chi connectivity index (χ2n) is 11.0. The van der Waals surface area contributed by atoms with E-state index in [1.807, 2.05) is 26.2 Å². The summed E-state index contributed by atoms with van der Waals surface area (Å²) in [7, 11) is 2.22. The van der Waals surface area contributed by atoms with Gasteiger partial charge in [0.1, 0.15) is 5.78 Å². The van der Waals surface area contributed by atoms with Gasteiger partial charge in [0.25, 0.3) is 0 Å². The Bertz CT molecular complexity index is 933. The van der Waals surface area contributed by atoms with E-state index < -0.39 is 0 Å². The molecule has 2 atom stereocenters. The van der Waals surface area contributed by atoms with E-state index in [4.69, 9.17) is 9.97 Å². The number of hydrogen-bond donors (Lipinski definition) is 0. The third kappa shape index (κ3) is 4.84. The Labute approximate surface area is 198 Å². The molecule has 1 aliphatic carbocycles. The summed E-state index contributed by atoms with van der Waals surface area (Å²) in [5, 5.41) is 0. The Hall–Kier alpha value is -2.27. The first-order valence-electron chi connectivity index (χ1n) is 12.9. The zero-order chi connectivity index (χ0) is 22.9. The van der Waals surface area contributed by atoms with Crippen LogP contribution in [0.2, 0.25) is 0 Å². The Morgan fingerprint density at radius 1 is 0.909 bits per heavy atom. The molecule has 3 fully saturated rings. The molecule has 3 heterocycles. The molecular formula is C28H38N4O. The average Bonchev–Trinajstić information content (AvgIpc) is 3.10. The third-order valence-electron chi connectivity index (χ3n) is 8.16. The van der Waals surface area contributed by atoms with Gasteiger partial charge in [-0.25, -0.2) is 9.97 Å². The highest BCUT2D eigenvalue weighted by atomic mass is 16.1. The lowest BCUT2D eigenvalue weighted by Crippen LogP contribution is -2.53. The first kappa shape index (κ1) is 22.5. The molecule has 2 saturated heterocycles. The standard InChI is InChI=1S/C28H38N4O/c1-19(2)27(33)23-10-6-21(7-11-23)14-20-4-8-22(9-5-20)24-15-29-28(30-16-24)32-25-12-13-26(32)18-31(3)17-25/h4-5,8-9,15-16,19,21,23,25-26H,6-7,10-14,17-18H2,1-3H3. The van der Waals surface area contributed by atoms with Gasteiger partial charge < -0.3 is 9.80 Å². The molecule has 1 aromatic carbocycles. The summed E-state index contributed by atoms with van der Waals surface area (Å²) < 4.78 is 0. The second kappa shape index (κ2) is 9.54. The quantitative estimate of drug-likeness (QED) is 0.625. The number of rotatable bonds is 6. The summed E-state index contributed by atoms with van der Waals surface area (Å²) in [5.74, 6) is 2.53. The van der Waals surface area contributed by atoms with Crippen LogP contribution in [-0.4, -0.2) is 52.9 Å². The maximum Gasteiger partial charge on any atom is 0.225 e. The van der Waals surface area contributed by atoms with Gasteiger partial charge in [0, 0.05) is 55.0 Å². The van der Waals surface area contributed by atoms with E-state index in [0.717, 1.165) is 43.9 Å². The molecule has 0 N–H and O–H groups in total. The van der Waals surface area contributed by atoms with Crippen LogP contribution in [0.25, 0.3) is 11.1 Å². The SMILES string of the molecule is CC(C)C(=O)C1CCC(Cc2ccc(-c3cnc(N4C5CCC4CN(C)C5)nc3)cc2)CC1. The van der Waals surface area contributed by atoms with Crippen molar-refractivity contribution in [2.45, 2.75) is 70.9 Å². The molecule has 3 aliphatic rings. The van der Waals surface area contributed by atoms with Gasteiger partial charge in [-0.2, -0.15) is 0 Å². The van der Waals surface area contributed by atoms with Crippen LogP contribution >= 0.6 is 0 Å². The van der Waals surface area contributed by atoms with E-state index >= 15 is 0 Å². The Morgan fingerprint density at radius 3 is 2.09 bits per heavy atom. The molecule has 2 bridgehead atoms. The number of anilines is 1. The van der Waals surface area contributed by atoms with Crippen molar-refractivity contribution >= 4 is 11.7 Å². The largest absolute Gasteiger partial charge is 0.332 e. The summed E-state index contributed by atoms with van der Waals surface area (Å²) in [6.45, 7) is 6.28. The number of fused-ring (bicyclic) bond motifs is 2. The first-order valence-corrected chi connectivity index (χ1v) is 12.9. The zero-order valence-corrected chi connectivity index (χ0v) is 20.4. The van der Waals surface area contributed by atoms with Crippen LogP contribution < -0.4 is 4.90 Å². The molecule has 1 aromatic heterocycles. The lowest BCUT2D eigenvalue weighted by atomic mass is 9.76. The van der Waals surface area contributed by atoms with Crippen LogP contribution in [-0.2, 0) is 11.2 Å².